The maximum Gasteiger partial charge on any atom is 0.257 e. The van der Waals surface area contributed by atoms with Crippen LogP contribution in [0.2, 0.25) is 0 Å². The van der Waals surface area contributed by atoms with Gasteiger partial charge in [0.15, 0.2) is 5.03 Å². The summed E-state index contributed by atoms with van der Waals surface area (Å²) in [5.74, 6) is 0. The second kappa shape index (κ2) is 6.10. The number of nitrogens with one attached hydrogen (secondary N) is 1. The Kier molecular flexibility index (Phi) is 5.06. The summed E-state index contributed by atoms with van der Waals surface area (Å²) in [7, 11) is -0.535. The molecule has 0 fully saturated rings. The lowest BCUT2D eigenvalue weighted by molar-refractivity contribution is 0.0603. The summed E-state index contributed by atoms with van der Waals surface area (Å²) in [6.45, 7) is 0.339. The number of hydrogen-bond acceptors (Lipinski definition) is 5. The molecule has 98 valence electrons. The smallest absolute Gasteiger partial charge is 0.257 e. The molecule has 0 aliphatic rings. The van der Waals surface area contributed by atoms with Gasteiger partial charge in [0.1, 0.15) is 0 Å². The average molecular weight is 263 g/mol. The normalized spacial score (nSPS) is 13.8. The van der Waals surface area contributed by atoms with Gasteiger partial charge in [-0.1, -0.05) is 0 Å². The van der Waals surface area contributed by atoms with Crippen molar-refractivity contribution in [3.63, 3.8) is 0 Å². The topological polar surface area (TPSA) is 93.4 Å². The predicted octanol–water partition coefficient (Wildman–Crippen LogP) is -0.904. The van der Waals surface area contributed by atoms with E-state index < -0.39 is 16.1 Å². The fourth-order valence-corrected chi connectivity index (χ4v) is 2.50. The molecule has 0 aromatic carbocycles. The molecule has 1 unspecified atom stereocenters. The third-order valence-electron chi connectivity index (χ3n) is 2.18. The molecular formula is C9H17N3O4S. The number of aliphatic hydroxyl groups is 1. The minimum absolute atomic E-state index is 0.0960. The summed E-state index contributed by atoms with van der Waals surface area (Å²) >= 11 is 0. The van der Waals surface area contributed by atoms with E-state index in [1.165, 1.54) is 24.1 Å². The molecule has 2 N–H and O–H groups in total. The quantitative estimate of drug-likeness (QED) is 0.664. The standard InChI is InChI=1S/C9H17N3O4S/c1-12-9(4-5-10-12)17(14,15)11-6-3-8(13)7-16-2/h4-5,8,11,13H,3,6-7H2,1-2H3. The predicted molar refractivity (Wildman–Crippen MR) is 60.9 cm³/mol. The van der Waals surface area contributed by atoms with Crippen molar-refractivity contribution in [2.75, 3.05) is 20.3 Å². The lowest BCUT2D eigenvalue weighted by Crippen LogP contribution is -2.29. The van der Waals surface area contributed by atoms with Crippen LogP contribution in [0.4, 0.5) is 0 Å². The van der Waals surface area contributed by atoms with Crippen LogP contribution in [0, 0.1) is 0 Å². The summed E-state index contributed by atoms with van der Waals surface area (Å²) in [6.07, 6.45) is 1.04. The van der Waals surface area contributed by atoms with E-state index in [4.69, 9.17) is 4.74 Å². The number of aliphatic hydroxyl groups excluding tert-OH is 1. The van der Waals surface area contributed by atoms with Gasteiger partial charge in [0.05, 0.1) is 18.9 Å². The third-order valence-corrected chi connectivity index (χ3v) is 3.72. The summed E-state index contributed by atoms with van der Waals surface area (Å²) in [5.41, 5.74) is 0. The zero-order valence-electron chi connectivity index (χ0n) is 9.83. The molecular weight excluding hydrogens is 246 g/mol. The van der Waals surface area contributed by atoms with Crippen LogP contribution in [0.25, 0.3) is 0 Å². The fraction of sp³-hybridized carbons (Fsp3) is 0.667. The van der Waals surface area contributed by atoms with E-state index in [1.54, 1.807) is 7.05 Å². The van der Waals surface area contributed by atoms with Gasteiger partial charge in [0, 0.05) is 20.7 Å². The maximum atomic E-state index is 11.8. The molecule has 1 aromatic rings. The number of rotatable bonds is 7. The largest absolute Gasteiger partial charge is 0.391 e. The van der Waals surface area contributed by atoms with Gasteiger partial charge in [0.25, 0.3) is 10.0 Å². The highest BCUT2D eigenvalue weighted by Crippen LogP contribution is 2.05. The molecule has 0 bridgehead atoms. The van der Waals surface area contributed by atoms with Crippen LogP contribution in [-0.4, -0.2) is 49.7 Å². The molecule has 0 saturated carbocycles. The molecule has 0 radical (unpaired) electrons. The van der Waals surface area contributed by atoms with Crippen molar-refractivity contribution >= 4 is 10.0 Å². The van der Waals surface area contributed by atoms with Crippen LogP contribution < -0.4 is 4.72 Å². The third kappa shape index (κ3) is 4.08. The molecule has 0 aliphatic carbocycles. The molecule has 1 rings (SSSR count). The first kappa shape index (κ1) is 14.1. The second-order valence-electron chi connectivity index (χ2n) is 3.59. The molecule has 1 heterocycles. The minimum Gasteiger partial charge on any atom is -0.391 e. The lowest BCUT2D eigenvalue weighted by Gasteiger charge is -2.10. The van der Waals surface area contributed by atoms with E-state index in [0.29, 0.717) is 6.42 Å². The molecule has 8 heteroatoms. The van der Waals surface area contributed by atoms with E-state index in [1.807, 2.05) is 0 Å². The zero-order valence-corrected chi connectivity index (χ0v) is 10.6. The van der Waals surface area contributed by atoms with Gasteiger partial charge in [0.2, 0.25) is 0 Å². The van der Waals surface area contributed by atoms with Crippen LogP contribution in [0.5, 0.6) is 0 Å². The van der Waals surface area contributed by atoms with Gasteiger partial charge in [-0.15, -0.1) is 0 Å². The number of methoxy groups -OCH3 is 1. The summed E-state index contributed by atoms with van der Waals surface area (Å²) in [4.78, 5) is 0. The molecule has 0 aliphatic heterocycles. The van der Waals surface area contributed by atoms with Crippen molar-refractivity contribution in [2.24, 2.45) is 7.05 Å². The number of sulfonamides is 1. The first-order chi connectivity index (χ1) is 7.97. The summed E-state index contributed by atoms with van der Waals surface area (Å²) < 4.78 is 31.9. The Labute approximate surface area is 100 Å². The van der Waals surface area contributed by atoms with E-state index in [-0.39, 0.29) is 18.2 Å². The lowest BCUT2D eigenvalue weighted by atomic mass is 10.3. The summed E-state index contributed by atoms with van der Waals surface area (Å²) in [6, 6.07) is 1.41. The highest BCUT2D eigenvalue weighted by molar-refractivity contribution is 7.89. The number of aryl methyl sites for hydroxylation is 1. The van der Waals surface area contributed by atoms with Gasteiger partial charge in [-0.2, -0.15) is 5.10 Å². The van der Waals surface area contributed by atoms with Gasteiger partial charge in [-0.25, -0.2) is 13.1 Å². The number of aromatic nitrogens is 2. The van der Waals surface area contributed by atoms with Gasteiger partial charge < -0.3 is 9.84 Å². The van der Waals surface area contributed by atoms with Crippen molar-refractivity contribution in [3.05, 3.63) is 12.3 Å². The number of hydrogen-bond donors (Lipinski definition) is 2. The van der Waals surface area contributed by atoms with E-state index >= 15 is 0 Å². The first-order valence-corrected chi connectivity index (χ1v) is 6.60. The van der Waals surface area contributed by atoms with Gasteiger partial charge in [-0.05, 0) is 12.5 Å². The zero-order chi connectivity index (χ0) is 12.9. The van der Waals surface area contributed by atoms with Crippen molar-refractivity contribution in [2.45, 2.75) is 17.6 Å². The van der Waals surface area contributed by atoms with Crippen molar-refractivity contribution in [1.82, 2.24) is 14.5 Å². The highest BCUT2D eigenvalue weighted by Gasteiger charge is 2.17. The Hall–Kier alpha value is -0.960. The Morgan fingerprint density at radius 2 is 2.35 bits per heavy atom. The van der Waals surface area contributed by atoms with Crippen LogP contribution in [-0.2, 0) is 21.8 Å². The highest BCUT2D eigenvalue weighted by atomic mass is 32.2. The van der Waals surface area contributed by atoms with Crippen LogP contribution >= 0.6 is 0 Å². The van der Waals surface area contributed by atoms with Crippen LogP contribution in [0.3, 0.4) is 0 Å². The Bertz CT molecular complexity index is 443. The van der Waals surface area contributed by atoms with E-state index in [0.717, 1.165) is 0 Å². The first-order valence-electron chi connectivity index (χ1n) is 5.12. The van der Waals surface area contributed by atoms with Crippen molar-refractivity contribution in [1.29, 1.82) is 0 Å². The maximum absolute atomic E-state index is 11.8. The molecule has 1 aromatic heterocycles. The molecule has 1 atom stereocenters. The van der Waals surface area contributed by atoms with E-state index in [2.05, 4.69) is 9.82 Å². The van der Waals surface area contributed by atoms with Gasteiger partial charge in [-0.3, -0.25) is 4.68 Å². The van der Waals surface area contributed by atoms with Crippen LogP contribution in [0.15, 0.2) is 17.3 Å². The average Bonchev–Trinajstić information content (AvgIpc) is 2.65. The van der Waals surface area contributed by atoms with E-state index in [9.17, 15) is 13.5 Å². The summed E-state index contributed by atoms with van der Waals surface area (Å²) in [5, 5.41) is 13.2. The second-order valence-corrected chi connectivity index (χ2v) is 5.30. The molecule has 0 saturated heterocycles. The monoisotopic (exact) mass is 263 g/mol. The van der Waals surface area contributed by atoms with Crippen molar-refractivity contribution in [3.8, 4) is 0 Å². The van der Waals surface area contributed by atoms with Crippen molar-refractivity contribution < 1.29 is 18.3 Å². The SMILES string of the molecule is COCC(O)CCNS(=O)(=O)c1ccnn1C. The molecule has 0 spiro atoms. The molecule has 17 heavy (non-hydrogen) atoms. The minimum atomic E-state index is -3.56. The molecule has 7 nitrogen and oxygen atoms in total. The Morgan fingerprint density at radius 3 is 2.88 bits per heavy atom. The number of ether oxygens (including phenoxy) is 1. The Morgan fingerprint density at radius 1 is 1.65 bits per heavy atom. The fourth-order valence-electron chi connectivity index (χ4n) is 1.33. The van der Waals surface area contributed by atoms with Crippen LogP contribution in [0.1, 0.15) is 6.42 Å². The molecule has 0 amide bonds. The Balaban J connectivity index is 2.49. The number of nitrogens with zero attached hydrogens (tertiary/aromatic N) is 2. The van der Waals surface area contributed by atoms with Gasteiger partial charge >= 0.3 is 0 Å².